The molecule has 0 aromatic rings. The summed E-state index contributed by atoms with van der Waals surface area (Å²) >= 11 is 0. The average Bonchev–Trinajstić information content (AvgIpc) is 2.11. The summed E-state index contributed by atoms with van der Waals surface area (Å²) in [6.07, 6.45) is 7.90. The van der Waals surface area contributed by atoms with Gasteiger partial charge in [0, 0.05) is 6.42 Å². The van der Waals surface area contributed by atoms with Gasteiger partial charge in [-0.3, -0.25) is 0 Å². The summed E-state index contributed by atoms with van der Waals surface area (Å²) < 4.78 is 0. The molecule has 0 amide bonds. The summed E-state index contributed by atoms with van der Waals surface area (Å²) in [5.74, 6) is 0. The van der Waals surface area contributed by atoms with Crippen LogP contribution in [0.5, 0.6) is 0 Å². The topological polar surface area (TPSA) is 40.5 Å². The van der Waals surface area contributed by atoms with Crippen LogP contribution in [0.15, 0.2) is 0 Å². The van der Waals surface area contributed by atoms with E-state index in [1.165, 1.54) is 25.7 Å². The molecule has 0 aromatic heterocycles. The molecule has 0 heterocycles. The van der Waals surface area contributed by atoms with Crippen LogP contribution in [0, 0.1) is 0 Å². The fourth-order valence-electron chi connectivity index (χ4n) is 1.62. The van der Waals surface area contributed by atoms with Gasteiger partial charge in [-0.2, -0.15) is 10.4 Å². The number of hydrogen-bond acceptors (Lipinski definition) is 2. The zero-order valence-corrected chi connectivity index (χ0v) is 10.8. The highest BCUT2D eigenvalue weighted by Crippen LogP contribution is 2.08. The molecule has 3 nitrogen and oxygen atoms in total. The molecular weight excluding hydrogens is 214 g/mol. The van der Waals surface area contributed by atoms with Crippen molar-refractivity contribution in [3.63, 3.8) is 0 Å². The quantitative estimate of drug-likeness (QED) is 0.347. The Morgan fingerprint density at radius 1 is 0.733 bits per heavy atom. The smallest absolute Gasteiger partial charge is 0.142 e. The molecule has 2 N–H and O–H groups in total. The number of hydroxylamine groups is 4. The molecule has 4 heteroatoms. The van der Waals surface area contributed by atoms with E-state index in [1.807, 2.05) is 6.92 Å². The van der Waals surface area contributed by atoms with Crippen molar-refractivity contribution in [1.82, 2.24) is 0 Å². The van der Waals surface area contributed by atoms with Gasteiger partial charge < -0.3 is 12.4 Å². The predicted molar refractivity (Wildman–Crippen MR) is 57.2 cm³/mol. The van der Waals surface area contributed by atoms with Crippen LogP contribution in [-0.2, 0) is 0 Å². The van der Waals surface area contributed by atoms with Crippen molar-refractivity contribution in [2.24, 2.45) is 0 Å². The molecule has 0 radical (unpaired) electrons. The fourth-order valence-corrected chi connectivity index (χ4v) is 1.62. The predicted octanol–water partition coefficient (Wildman–Crippen LogP) is 0.356. The van der Waals surface area contributed by atoms with Crippen molar-refractivity contribution >= 4 is 0 Å². The van der Waals surface area contributed by atoms with Crippen molar-refractivity contribution in [2.45, 2.75) is 58.8 Å². The van der Waals surface area contributed by atoms with Gasteiger partial charge in [0.1, 0.15) is 13.1 Å². The second-order valence-electron chi connectivity index (χ2n) is 4.09. The van der Waals surface area contributed by atoms with Crippen LogP contribution in [-0.4, -0.2) is 28.3 Å². The van der Waals surface area contributed by atoms with Crippen molar-refractivity contribution in [2.75, 3.05) is 13.1 Å². The number of hydrogen-bond donors (Lipinski definition) is 2. The van der Waals surface area contributed by atoms with Crippen LogP contribution in [0.2, 0.25) is 0 Å². The molecule has 94 valence electrons. The number of quaternary nitrogens is 1. The minimum Gasteiger partial charge on any atom is -1.00 e. The standard InChI is InChI=1S/C11H26NO2.ClH/c1-3-5-6-7-8-9-11-12(13,14)10-4-2;/h13-14H,3-11H2,1-2H3;1H/q+1;/p-1. The molecule has 0 bridgehead atoms. The lowest BCUT2D eigenvalue weighted by Crippen LogP contribution is -3.00. The van der Waals surface area contributed by atoms with Gasteiger partial charge in [0.05, 0.1) is 0 Å². The van der Waals surface area contributed by atoms with Crippen molar-refractivity contribution < 1.29 is 27.6 Å². The Hall–Kier alpha value is 0.170. The van der Waals surface area contributed by atoms with Crippen LogP contribution in [0.1, 0.15) is 58.8 Å². The second kappa shape index (κ2) is 10.7. The van der Waals surface area contributed by atoms with E-state index in [0.29, 0.717) is 13.1 Å². The van der Waals surface area contributed by atoms with Gasteiger partial charge in [-0.15, -0.1) is 0 Å². The molecule has 0 unspecified atom stereocenters. The first-order valence-corrected chi connectivity index (χ1v) is 5.95. The molecule has 0 saturated carbocycles. The zero-order valence-electron chi connectivity index (χ0n) is 10.1. The highest BCUT2D eigenvalue weighted by Gasteiger charge is 2.19. The molecule has 15 heavy (non-hydrogen) atoms. The summed E-state index contributed by atoms with van der Waals surface area (Å²) in [7, 11) is 0. The molecule has 0 spiro atoms. The highest BCUT2D eigenvalue weighted by atomic mass is 35.5. The van der Waals surface area contributed by atoms with Crippen LogP contribution in [0.3, 0.4) is 0 Å². The van der Waals surface area contributed by atoms with E-state index in [0.717, 1.165) is 19.3 Å². The summed E-state index contributed by atoms with van der Waals surface area (Å²) in [5.41, 5.74) is 0. The third-order valence-corrected chi connectivity index (χ3v) is 2.45. The molecule has 0 rings (SSSR count). The van der Waals surface area contributed by atoms with E-state index < -0.39 is 4.81 Å². The number of unbranched alkanes of at least 4 members (excludes halogenated alkanes) is 5. The van der Waals surface area contributed by atoms with Gasteiger partial charge in [0.2, 0.25) is 0 Å². The Morgan fingerprint density at radius 2 is 1.27 bits per heavy atom. The van der Waals surface area contributed by atoms with Crippen LogP contribution in [0.25, 0.3) is 0 Å². The van der Waals surface area contributed by atoms with E-state index in [4.69, 9.17) is 0 Å². The van der Waals surface area contributed by atoms with Crippen molar-refractivity contribution in [3.05, 3.63) is 0 Å². The third-order valence-electron chi connectivity index (χ3n) is 2.45. The van der Waals surface area contributed by atoms with Crippen LogP contribution in [0.4, 0.5) is 0 Å². The normalized spacial score (nSPS) is 11.2. The van der Waals surface area contributed by atoms with Gasteiger partial charge in [-0.1, -0.05) is 39.5 Å². The maximum absolute atomic E-state index is 9.41. The highest BCUT2D eigenvalue weighted by molar-refractivity contribution is 4.42. The van der Waals surface area contributed by atoms with Gasteiger partial charge >= 0.3 is 0 Å². The van der Waals surface area contributed by atoms with Gasteiger partial charge in [-0.05, 0) is 17.7 Å². The van der Waals surface area contributed by atoms with Gasteiger partial charge in [0.15, 0.2) is 0 Å². The first-order valence-electron chi connectivity index (χ1n) is 5.95. The minimum absolute atomic E-state index is 0. The molecular formula is C11H26ClNO2. The first kappa shape index (κ1) is 17.6. The Labute approximate surface area is 100 Å². The molecule has 0 aliphatic carbocycles. The van der Waals surface area contributed by atoms with Crippen molar-refractivity contribution in [1.29, 1.82) is 0 Å². The number of rotatable bonds is 9. The lowest BCUT2D eigenvalue weighted by molar-refractivity contribution is -1.24. The lowest BCUT2D eigenvalue weighted by atomic mass is 10.1. The van der Waals surface area contributed by atoms with E-state index in [9.17, 15) is 10.4 Å². The molecule has 0 fully saturated rings. The van der Waals surface area contributed by atoms with E-state index >= 15 is 0 Å². The monoisotopic (exact) mass is 239 g/mol. The van der Waals surface area contributed by atoms with Gasteiger partial charge in [-0.25, -0.2) is 0 Å². The van der Waals surface area contributed by atoms with Crippen molar-refractivity contribution in [3.8, 4) is 0 Å². The number of halogens is 1. The Balaban J connectivity index is 0. The summed E-state index contributed by atoms with van der Waals surface area (Å²) in [6.45, 7) is 5.07. The Morgan fingerprint density at radius 3 is 1.80 bits per heavy atom. The van der Waals surface area contributed by atoms with Gasteiger partial charge in [0.25, 0.3) is 0 Å². The maximum Gasteiger partial charge on any atom is 0.142 e. The Kier molecular flexibility index (Phi) is 12.5. The van der Waals surface area contributed by atoms with E-state index in [-0.39, 0.29) is 12.4 Å². The summed E-state index contributed by atoms with van der Waals surface area (Å²) in [4.78, 5) is -0.787. The Bertz CT molecular complexity index is 132. The van der Waals surface area contributed by atoms with Crippen LogP contribution < -0.4 is 12.4 Å². The number of nitrogens with zero attached hydrogens (tertiary/aromatic N) is 1. The van der Waals surface area contributed by atoms with E-state index in [2.05, 4.69) is 6.92 Å². The molecule has 0 aromatic carbocycles. The first-order chi connectivity index (χ1) is 6.62. The molecule has 0 saturated heterocycles. The molecule has 0 aliphatic rings. The summed E-state index contributed by atoms with van der Waals surface area (Å²) in [6, 6.07) is 0. The SMILES string of the molecule is CCCCCCCC[N+](O)(O)CCC.[Cl-]. The zero-order chi connectivity index (χ0) is 10.9. The maximum atomic E-state index is 9.41. The average molecular weight is 240 g/mol. The fraction of sp³-hybridized carbons (Fsp3) is 1.00. The molecule has 0 atom stereocenters. The van der Waals surface area contributed by atoms with E-state index in [1.54, 1.807) is 0 Å². The second-order valence-corrected chi connectivity index (χ2v) is 4.09. The van der Waals surface area contributed by atoms with Crippen LogP contribution >= 0.6 is 0 Å². The minimum atomic E-state index is -0.787. The lowest BCUT2D eigenvalue weighted by Gasteiger charge is -2.20. The third kappa shape index (κ3) is 12.1. The molecule has 0 aliphatic heterocycles. The largest absolute Gasteiger partial charge is 1.00 e. The summed E-state index contributed by atoms with van der Waals surface area (Å²) in [5, 5.41) is 18.8.